The molecule has 0 spiro atoms. The molecule has 0 saturated carbocycles. The molecule has 2 heterocycles. The predicted molar refractivity (Wildman–Crippen MR) is 82.0 cm³/mol. The van der Waals surface area contributed by atoms with Crippen LogP contribution in [-0.4, -0.2) is 23.7 Å². The molecule has 0 bridgehead atoms. The molecule has 0 N–H and O–H groups in total. The van der Waals surface area contributed by atoms with Crippen LogP contribution in [0.25, 0.3) is 0 Å². The predicted octanol–water partition coefficient (Wildman–Crippen LogP) is 2.99. The Labute approximate surface area is 133 Å². The van der Waals surface area contributed by atoms with Gasteiger partial charge in [0.25, 0.3) is 5.69 Å². The fourth-order valence-corrected chi connectivity index (χ4v) is 2.69. The Morgan fingerprint density at radius 3 is 2.83 bits per heavy atom. The SMILES string of the molecule is Cc1ccc(CN(C)Cc2cc([N+](=O)[O-])cc3c2OCOC3)o1. The summed E-state index contributed by atoms with van der Waals surface area (Å²) < 4.78 is 16.3. The van der Waals surface area contributed by atoms with Gasteiger partial charge < -0.3 is 13.9 Å². The van der Waals surface area contributed by atoms with Gasteiger partial charge in [0.1, 0.15) is 17.3 Å². The summed E-state index contributed by atoms with van der Waals surface area (Å²) in [5.41, 5.74) is 1.54. The maximum absolute atomic E-state index is 11.1. The second-order valence-corrected chi connectivity index (χ2v) is 5.65. The first-order chi connectivity index (χ1) is 11.0. The Morgan fingerprint density at radius 1 is 1.30 bits per heavy atom. The van der Waals surface area contributed by atoms with Crippen LogP contribution in [0.2, 0.25) is 0 Å². The van der Waals surface area contributed by atoms with E-state index in [1.54, 1.807) is 6.07 Å². The van der Waals surface area contributed by atoms with Gasteiger partial charge in [-0.2, -0.15) is 0 Å². The Morgan fingerprint density at radius 2 is 2.13 bits per heavy atom. The second kappa shape index (κ2) is 6.39. The first-order valence-electron chi connectivity index (χ1n) is 7.27. The van der Waals surface area contributed by atoms with Crippen molar-refractivity contribution in [2.24, 2.45) is 0 Å². The molecule has 0 saturated heterocycles. The summed E-state index contributed by atoms with van der Waals surface area (Å²) in [5, 5.41) is 11.1. The number of nitro groups is 1. The first-order valence-corrected chi connectivity index (χ1v) is 7.27. The Hall–Kier alpha value is -2.38. The molecular weight excluding hydrogens is 300 g/mol. The molecule has 1 aliphatic rings. The van der Waals surface area contributed by atoms with Gasteiger partial charge >= 0.3 is 0 Å². The van der Waals surface area contributed by atoms with Crippen molar-refractivity contribution in [1.82, 2.24) is 4.90 Å². The highest BCUT2D eigenvalue weighted by Crippen LogP contribution is 2.33. The van der Waals surface area contributed by atoms with Gasteiger partial charge in [-0.05, 0) is 26.1 Å². The van der Waals surface area contributed by atoms with E-state index in [0.717, 1.165) is 17.1 Å². The molecule has 23 heavy (non-hydrogen) atoms. The number of non-ortho nitro benzene ring substituents is 1. The summed E-state index contributed by atoms with van der Waals surface area (Å²) in [6.07, 6.45) is 0. The molecule has 0 radical (unpaired) electrons. The maximum Gasteiger partial charge on any atom is 0.270 e. The second-order valence-electron chi connectivity index (χ2n) is 5.65. The Balaban J connectivity index is 1.83. The molecule has 1 aliphatic heterocycles. The van der Waals surface area contributed by atoms with E-state index in [1.807, 2.05) is 31.0 Å². The fourth-order valence-electron chi connectivity index (χ4n) is 2.69. The zero-order chi connectivity index (χ0) is 16.4. The monoisotopic (exact) mass is 318 g/mol. The number of ether oxygens (including phenoxy) is 2. The number of hydrogen-bond acceptors (Lipinski definition) is 6. The number of nitrogens with zero attached hydrogens (tertiary/aromatic N) is 2. The van der Waals surface area contributed by atoms with Crippen LogP contribution in [0.5, 0.6) is 5.75 Å². The third kappa shape index (κ3) is 3.52. The third-order valence-electron chi connectivity index (χ3n) is 3.64. The molecule has 122 valence electrons. The highest BCUT2D eigenvalue weighted by Gasteiger charge is 2.21. The van der Waals surface area contributed by atoms with E-state index in [2.05, 4.69) is 0 Å². The van der Waals surface area contributed by atoms with E-state index in [0.29, 0.717) is 31.0 Å². The van der Waals surface area contributed by atoms with E-state index >= 15 is 0 Å². The summed E-state index contributed by atoms with van der Waals surface area (Å²) in [4.78, 5) is 12.7. The summed E-state index contributed by atoms with van der Waals surface area (Å²) in [7, 11) is 1.93. The van der Waals surface area contributed by atoms with Crippen molar-refractivity contribution in [3.8, 4) is 5.75 Å². The molecule has 7 heteroatoms. The lowest BCUT2D eigenvalue weighted by Crippen LogP contribution is -2.20. The van der Waals surface area contributed by atoms with Crippen molar-refractivity contribution in [3.63, 3.8) is 0 Å². The van der Waals surface area contributed by atoms with Gasteiger partial charge in [-0.3, -0.25) is 15.0 Å². The molecule has 0 amide bonds. The highest BCUT2D eigenvalue weighted by atomic mass is 16.7. The Bertz CT molecular complexity index is 725. The minimum atomic E-state index is -0.395. The average Bonchev–Trinajstić information content (AvgIpc) is 2.92. The smallest absolute Gasteiger partial charge is 0.270 e. The van der Waals surface area contributed by atoms with Crippen LogP contribution in [0, 0.1) is 17.0 Å². The fraction of sp³-hybridized carbons (Fsp3) is 0.375. The standard InChI is InChI=1S/C16H18N2O5/c1-11-3-4-15(23-11)8-17(2)7-12-5-14(18(19)20)6-13-9-21-10-22-16(12)13/h3-6H,7-10H2,1-2H3. The molecule has 1 aromatic carbocycles. The summed E-state index contributed by atoms with van der Waals surface area (Å²) in [6, 6.07) is 6.92. The van der Waals surface area contributed by atoms with Crippen LogP contribution in [0.1, 0.15) is 22.6 Å². The van der Waals surface area contributed by atoms with Crippen LogP contribution in [0.4, 0.5) is 5.69 Å². The lowest BCUT2D eigenvalue weighted by atomic mass is 10.1. The molecule has 0 fully saturated rings. The summed E-state index contributed by atoms with van der Waals surface area (Å²) >= 11 is 0. The van der Waals surface area contributed by atoms with E-state index < -0.39 is 4.92 Å². The van der Waals surface area contributed by atoms with Crippen molar-refractivity contribution >= 4 is 5.69 Å². The lowest BCUT2D eigenvalue weighted by molar-refractivity contribution is -0.385. The number of furan rings is 1. The zero-order valence-corrected chi connectivity index (χ0v) is 13.1. The quantitative estimate of drug-likeness (QED) is 0.623. The van der Waals surface area contributed by atoms with Crippen molar-refractivity contribution < 1.29 is 18.8 Å². The number of benzene rings is 1. The van der Waals surface area contributed by atoms with E-state index in [1.165, 1.54) is 6.07 Å². The Kier molecular flexibility index (Phi) is 4.31. The van der Waals surface area contributed by atoms with Gasteiger partial charge in [0.05, 0.1) is 18.1 Å². The third-order valence-corrected chi connectivity index (χ3v) is 3.64. The van der Waals surface area contributed by atoms with Gasteiger partial charge in [-0.15, -0.1) is 0 Å². The molecule has 7 nitrogen and oxygen atoms in total. The van der Waals surface area contributed by atoms with Gasteiger partial charge in [0.15, 0.2) is 6.79 Å². The van der Waals surface area contributed by atoms with Crippen molar-refractivity contribution in [1.29, 1.82) is 0 Å². The number of fused-ring (bicyclic) bond motifs is 1. The average molecular weight is 318 g/mol. The van der Waals surface area contributed by atoms with E-state index in [-0.39, 0.29) is 12.5 Å². The highest BCUT2D eigenvalue weighted by molar-refractivity contribution is 5.50. The van der Waals surface area contributed by atoms with Crippen LogP contribution in [0.15, 0.2) is 28.7 Å². The van der Waals surface area contributed by atoms with Gasteiger partial charge in [0, 0.05) is 29.8 Å². The molecule has 1 aromatic heterocycles. The van der Waals surface area contributed by atoms with Crippen molar-refractivity contribution in [2.75, 3.05) is 13.8 Å². The molecule has 0 unspecified atom stereocenters. The number of rotatable bonds is 5. The van der Waals surface area contributed by atoms with Crippen LogP contribution >= 0.6 is 0 Å². The van der Waals surface area contributed by atoms with Crippen LogP contribution in [0.3, 0.4) is 0 Å². The number of aryl methyl sites for hydroxylation is 1. The van der Waals surface area contributed by atoms with Gasteiger partial charge in [0.2, 0.25) is 0 Å². The normalized spacial score (nSPS) is 13.7. The van der Waals surface area contributed by atoms with Gasteiger partial charge in [-0.1, -0.05) is 0 Å². The minimum Gasteiger partial charge on any atom is -0.467 e. The minimum absolute atomic E-state index is 0.0510. The lowest BCUT2D eigenvalue weighted by Gasteiger charge is -2.23. The largest absolute Gasteiger partial charge is 0.467 e. The molecular formula is C16H18N2O5. The maximum atomic E-state index is 11.1. The summed E-state index contributed by atoms with van der Waals surface area (Å²) in [5.74, 6) is 2.40. The zero-order valence-electron chi connectivity index (χ0n) is 13.1. The van der Waals surface area contributed by atoms with Crippen molar-refractivity contribution in [3.05, 3.63) is 57.0 Å². The topological polar surface area (TPSA) is 78.0 Å². The summed E-state index contributed by atoms with van der Waals surface area (Å²) in [6.45, 7) is 3.52. The number of nitro benzene ring substituents is 1. The molecule has 3 rings (SSSR count). The number of hydrogen-bond donors (Lipinski definition) is 0. The van der Waals surface area contributed by atoms with E-state index in [9.17, 15) is 10.1 Å². The van der Waals surface area contributed by atoms with Crippen LogP contribution in [-0.2, 0) is 24.4 Å². The van der Waals surface area contributed by atoms with Crippen molar-refractivity contribution in [2.45, 2.75) is 26.6 Å². The van der Waals surface area contributed by atoms with Gasteiger partial charge in [-0.25, -0.2) is 0 Å². The molecule has 0 aliphatic carbocycles. The molecule has 0 atom stereocenters. The van der Waals surface area contributed by atoms with Crippen LogP contribution < -0.4 is 4.74 Å². The first kappa shape index (κ1) is 15.5. The van der Waals surface area contributed by atoms with E-state index in [4.69, 9.17) is 13.9 Å². The molecule has 2 aromatic rings.